The maximum atomic E-state index is 12.2. The summed E-state index contributed by atoms with van der Waals surface area (Å²) in [5, 5.41) is 23.1. The predicted octanol–water partition coefficient (Wildman–Crippen LogP) is 5.61. The Morgan fingerprint density at radius 2 is 1.59 bits per heavy atom. The van der Waals surface area contributed by atoms with Crippen LogP contribution in [0.2, 0.25) is 0 Å². The molecule has 1 unspecified atom stereocenters. The van der Waals surface area contributed by atoms with E-state index in [-0.39, 0.29) is 52.3 Å². The number of phenolic OH excluding ortho intramolecular Hbond substituents is 1. The molecule has 0 heterocycles. The summed E-state index contributed by atoms with van der Waals surface area (Å²) in [5.41, 5.74) is -0.180. The Kier molecular flexibility index (Phi) is 8.58. The van der Waals surface area contributed by atoms with E-state index in [4.69, 9.17) is 4.74 Å². The average Bonchev–Trinajstić information content (AvgIpc) is 2.92. The number of aromatic hydroxyl groups is 1. The molecule has 41 heavy (non-hydrogen) atoms. The maximum Gasteiger partial charge on any atom is 0.308 e. The second kappa shape index (κ2) is 11.8. The summed E-state index contributed by atoms with van der Waals surface area (Å²) in [7, 11) is -9.31. The first kappa shape index (κ1) is 29.9. The number of esters is 1. The largest absolute Gasteiger partial charge is 0.505 e. The van der Waals surface area contributed by atoms with E-state index in [0.717, 1.165) is 12.1 Å². The maximum absolute atomic E-state index is 12.2. The van der Waals surface area contributed by atoms with E-state index in [1.54, 1.807) is 31.2 Å². The molecular weight excluding hydrogens is 574 g/mol. The molecular formula is C27H27N3O9S2. The minimum Gasteiger partial charge on any atom is -0.505 e. The van der Waals surface area contributed by atoms with Crippen molar-refractivity contribution in [3.63, 3.8) is 0 Å². The molecule has 4 aromatic rings. The van der Waals surface area contributed by atoms with Crippen molar-refractivity contribution in [3.05, 3.63) is 60.7 Å². The number of carbonyl (C=O) groups excluding carboxylic acids is 1. The van der Waals surface area contributed by atoms with Crippen LogP contribution in [0.15, 0.2) is 80.7 Å². The van der Waals surface area contributed by atoms with Crippen LogP contribution >= 0.6 is 0 Å². The van der Waals surface area contributed by atoms with Crippen molar-refractivity contribution in [3.8, 4) is 5.75 Å². The zero-order chi connectivity index (χ0) is 29.9. The van der Waals surface area contributed by atoms with Crippen molar-refractivity contribution in [2.75, 3.05) is 18.5 Å². The third-order valence-corrected chi connectivity index (χ3v) is 8.18. The van der Waals surface area contributed by atoms with Gasteiger partial charge in [-0.15, -0.1) is 10.2 Å². The zero-order valence-corrected chi connectivity index (χ0v) is 23.6. The monoisotopic (exact) mass is 601 g/mol. The molecule has 0 radical (unpaired) electrons. The first-order valence-corrected chi connectivity index (χ1v) is 15.3. The molecule has 4 rings (SSSR count). The Balaban J connectivity index is 1.75. The molecule has 0 aromatic heterocycles. The molecule has 216 valence electrons. The van der Waals surface area contributed by atoms with Gasteiger partial charge >= 0.3 is 5.97 Å². The summed E-state index contributed by atoms with van der Waals surface area (Å²) in [6, 6.07) is 14.5. The van der Waals surface area contributed by atoms with E-state index in [1.165, 1.54) is 24.3 Å². The number of fused-ring (bicyclic) bond motifs is 2. The second-order valence-corrected chi connectivity index (χ2v) is 12.0. The van der Waals surface area contributed by atoms with Crippen molar-refractivity contribution in [2.24, 2.45) is 16.1 Å². The van der Waals surface area contributed by atoms with Gasteiger partial charge in [-0.25, -0.2) is 0 Å². The second-order valence-electron chi connectivity index (χ2n) is 9.19. The highest BCUT2D eigenvalue weighted by Gasteiger charge is 2.21. The lowest BCUT2D eigenvalue weighted by Crippen LogP contribution is -2.18. The van der Waals surface area contributed by atoms with Gasteiger partial charge in [0.2, 0.25) is 0 Å². The Bertz CT molecular complexity index is 1890. The topological polar surface area (TPSA) is 192 Å². The lowest BCUT2D eigenvalue weighted by Gasteiger charge is -2.15. The van der Waals surface area contributed by atoms with E-state index in [1.807, 2.05) is 6.92 Å². The number of ether oxygens (including phenoxy) is 1. The number of hydrogen-bond donors (Lipinski definition) is 4. The molecule has 0 aliphatic heterocycles. The summed E-state index contributed by atoms with van der Waals surface area (Å²) in [5.74, 6) is -1.12. The van der Waals surface area contributed by atoms with Gasteiger partial charge < -0.3 is 15.2 Å². The number of phenols is 1. The molecule has 0 aliphatic rings. The lowest BCUT2D eigenvalue weighted by atomic mass is 10.1. The number of rotatable bonds is 10. The van der Waals surface area contributed by atoms with Crippen LogP contribution in [-0.2, 0) is 29.8 Å². The fourth-order valence-electron chi connectivity index (χ4n) is 4.11. The summed E-state index contributed by atoms with van der Waals surface area (Å²) < 4.78 is 72.8. The number of anilines is 1. The van der Waals surface area contributed by atoms with Crippen molar-refractivity contribution in [1.82, 2.24) is 0 Å². The molecule has 0 amide bonds. The molecule has 0 saturated carbocycles. The van der Waals surface area contributed by atoms with Crippen LogP contribution in [-0.4, -0.2) is 50.2 Å². The minimum atomic E-state index is -4.70. The van der Waals surface area contributed by atoms with Gasteiger partial charge in [-0.3, -0.25) is 13.9 Å². The van der Waals surface area contributed by atoms with E-state index in [9.17, 15) is 35.8 Å². The van der Waals surface area contributed by atoms with Crippen LogP contribution in [0, 0.1) is 5.92 Å². The molecule has 0 saturated heterocycles. The van der Waals surface area contributed by atoms with Gasteiger partial charge in [0, 0.05) is 23.0 Å². The van der Waals surface area contributed by atoms with Crippen LogP contribution in [0.25, 0.3) is 21.5 Å². The quantitative estimate of drug-likeness (QED) is 0.0768. The minimum absolute atomic E-state index is 0.0478. The van der Waals surface area contributed by atoms with Crippen molar-refractivity contribution >= 4 is 64.8 Å². The number of carbonyl (C=O) groups is 1. The van der Waals surface area contributed by atoms with Gasteiger partial charge in [0.05, 0.1) is 10.8 Å². The fourth-order valence-corrected chi connectivity index (χ4v) is 5.49. The van der Waals surface area contributed by atoms with Gasteiger partial charge in [-0.1, -0.05) is 50.2 Å². The highest BCUT2D eigenvalue weighted by Crippen LogP contribution is 2.42. The van der Waals surface area contributed by atoms with Crippen LogP contribution in [0.3, 0.4) is 0 Å². The van der Waals surface area contributed by atoms with Crippen molar-refractivity contribution in [2.45, 2.75) is 30.1 Å². The number of nitrogens with zero attached hydrogens (tertiary/aromatic N) is 2. The van der Waals surface area contributed by atoms with Crippen molar-refractivity contribution < 1.29 is 40.6 Å². The third-order valence-electron chi connectivity index (χ3n) is 6.40. The normalized spacial score (nSPS) is 13.1. The molecule has 4 N–H and O–H groups in total. The predicted molar refractivity (Wildman–Crippen MR) is 152 cm³/mol. The molecule has 1 atom stereocenters. The SMILES string of the molecule is CCC(C)C(=O)OCCNc1cc(S(=O)(=O)O)cc2ccc(/N=N/c3ccc4ccccc4c3S(=O)(=O)O)c(O)c12. The lowest BCUT2D eigenvalue weighted by molar-refractivity contribution is -0.147. The Hall–Kier alpha value is -4.11. The van der Waals surface area contributed by atoms with E-state index >= 15 is 0 Å². The smallest absolute Gasteiger partial charge is 0.308 e. The average molecular weight is 602 g/mol. The van der Waals surface area contributed by atoms with Gasteiger partial charge in [0.15, 0.2) is 5.75 Å². The highest BCUT2D eigenvalue weighted by molar-refractivity contribution is 7.86. The number of azo groups is 1. The molecule has 0 fully saturated rings. The van der Waals surface area contributed by atoms with Gasteiger partial charge in [0.1, 0.15) is 22.9 Å². The number of benzene rings is 4. The fraction of sp³-hybridized carbons (Fsp3) is 0.222. The van der Waals surface area contributed by atoms with E-state index in [2.05, 4.69) is 15.5 Å². The summed E-state index contributed by atoms with van der Waals surface area (Å²) in [4.78, 5) is 11.1. The summed E-state index contributed by atoms with van der Waals surface area (Å²) in [6.07, 6.45) is 0.601. The molecule has 0 bridgehead atoms. The third kappa shape index (κ3) is 6.62. The summed E-state index contributed by atoms with van der Waals surface area (Å²) in [6.45, 7) is 3.57. The standard InChI is InChI=1S/C27H27N3O9S2/c1-3-16(2)27(32)39-13-12-28-23-15-19(40(33,34)35)14-18-9-10-21(25(31)24(18)23)29-30-22-11-8-17-6-4-5-7-20(17)26(22)41(36,37)38/h4-11,14-16,28,31H,3,12-13H2,1-2H3,(H,33,34,35)(H,36,37,38)/b30-29+. The molecule has 14 heteroatoms. The highest BCUT2D eigenvalue weighted by atomic mass is 32.2. The number of hydrogen-bond acceptors (Lipinski definition) is 10. The Morgan fingerprint density at radius 3 is 2.27 bits per heavy atom. The first-order valence-electron chi connectivity index (χ1n) is 12.4. The number of nitrogens with one attached hydrogen (secondary N) is 1. The van der Waals surface area contributed by atoms with Crippen molar-refractivity contribution in [1.29, 1.82) is 0 Å². The summed E-state index contributed by atoms with van der Waals surface area (Å²) >= 11 is 0. The first-order chi connectivity index (χ1) is 19.3. The van der Waals surface area contributed by atoms with Gasteiger partial charge in [0.25, 0.3) is 20.2 Å². The Labute approximate surface area is 236 Å². The van der Waals surface area contributed by atoms with E-state index in [0.29, 0.717) is 11.8 Å². The van der Waals surface area contributed by atoms with E-state index < -0.39 is 41.7 Å². The van der Waals surface area contributed by atoms with Crippen LogP contribution in [0.1, 0.15) is 20.3 Å². The Morgan fingerprint density at radius 1 is 0.927 bits per heavy atom. The molecule has 12 nitrogen and oxygen atoms in total. The van der Waals surface area contributed by atoms with Gasteiger partial charge in [-0.05, 0) is 41.5 Å². The van der Waals surface area contributed by atoms with Crippen LogP contribution in [0.5, 0.6) is 5.75 Å². The molecule has 0 spiro atoms. The molecule has 4 aromatic carbocycles. The van der Waals surface area contributed by atoms with Gasteiger partial charge in [-0.2, -0.15) is 16.8 Å². The van der Waals surface area contributed by atoms with Crippen LogP contribution < -0.4 is 5.32 Å². The zero-order valence-electron chi connectivity index (χ0n) is 22.0. The molecule has 0 aliphatic carbocycles. The van der Waals surface area contributed by atoms with Crippen LogP contribution in [0.4, 0.5) is 17.1 Å².